The molecule has 0 aliphatic heterocycles. The average Bonchev–Trinajstić information content (AvgIpc) is 2.25. The summed E-state index contributed by atoms with van der Waals surface area (Å²) < 4.78 is 18.4. The van der Waals surface area contributed by atoms with Crippen molar-refractivity contribution in [3.8, 4) is 6.07 Å². The van der Waals surface area contributed by atoms with Gasteiger partial charge in [-0.1, -0.05) is 6.07 Å². The molecule has 1 aromatic carbocycles. The van der Waals surface area contributed by atoms with Crippen LogP contribution in [0.15, 0.2) is 12.1 Å². The van der Waals surface area contributed by atoms with E-state index in [0.717, 1.165) is 0 Å². The Morgan fingerprint density at radius 2 is 2.25 bits per heavy atom. The van der Waals surface area contributed by atoms with Gasteiger partial charge in [0.05, 0.1) is 24.7 Å². The molecule has 16 heavy (non-hydrogen) atoms. The first-order valence-corrected chi connectivity index (χ1v) is 4.93. The van der Waals surface area contributed by atoms with Crippen LogP contribution in [0.2, 0.25) is 0 Å². The molecule has 1 rings (SSSR count). The van der Waals surface area contributed by atoms with Gasteiger partial charge in [-0.05, 0) is 25.5 Å². The van der Waals surface area contributed by atoms with Gasteiger partial charge in [-0.3, -0.25) is 4.79 Å². The Hall–Kier alpha value is -1.89. The Balaban J connectivity index is 3.07. The lowest BCUT2D eigenvalue weighted by Gasteiger charge is -2.07. The van der Waals surface area contributed by atoms with Crippen LogP contribution < -0.4 is 0 Å². The molecule has 1 aromatic rings. The number of carbonyl (C=O) groups is 1. The second-order valence-corrected chi connectivity index (χ2v) is 3.32. The number of nitrogens with zero attached hydrogens (tertiary/aromatic N) is 1. The fourth-order valence-corrected chi connectivity index (χ4v) is 1.37. The lowest BCUT2D eigenvalue weighted by molar-refractivity contribution is -0.142. The molecular formula is C12H12FNO2. The molecule has 0 aliphatic carbocycles. The SMILES string of the molecule is CCOC(=O)Cc1c(C#N)ccc(C)c1F. The molecule has 0 saturated heterocycles. The van der Waals surface area contributed by atoms with Crippen LogP contribution in [0.25, 0.3) is 0 Å². The number of ether oxygens (including phenoxy) is 1. The predicted molar refractivity (Wildman–Crippen MR) is 56.2 cm³/mol. The summed E-state index contributed by atoms with van der Waals surface area (Å²) in [6, 6.07) is 4.89. The fraction of sp³-hybridized carbons (Fsp3) is 0.333. The number of aryl methyl sites for hydroxylation is 1. The molecule has 0 N–H and O–H groups in total. The van der Waals surface area contributed by atoms with Crippen LogP contribution in [0.5, 0.6) is 0 Å². The zero-order valence-corrected chi connectivity index (χ0v) is 9.21. The zero-order chi connectivity index (χ0) is 12.1. The zero-order valence-electron chi connectivity index (χ0n) is 9.21. The van der Waals surface area contributed by atoms with Crippen molar-refractivity contribution in [1.82, 2.24) is 0 Å². The molecule has 0 aromatic heterocycles. The highest BCUT2D eigenvalue weighted by Crippen LogP contribution is 2.17. The van der Waals surface area contributed by atoms with E-state index in [1.807, 2.05) is 6.07 Å². The molecule has 0 amide bonds. The second kappa shape index (κ2) is 5.26. The van der Waals surface area contributed by atoms with Gasteiger partial charge in [-0.15, -0.1) is 0 Å². The van der Waals surface area contributed by atoms with E-state index in [9.17, 15) is 9.18 Å². The van der Waals surface area contributed by atoms with Crippen molar-refractivity contribution < 1.29 is 13.9 Å². The first-order valence-electron chi connectivity index (χ1n) is 4.93. The first-order chi connectivity index (χ1) is 7.60. The molecule has 84 valence electrons. The normalized spacial score (nSPS) is 9.62. The standard InChI is InChI=1S/C12H12FNO2/c1-3-16-11(15)6-10-9(7-14)5-4-8(2)12(10)13/h4-5H,3,6H2,1-2H3. The quantitative estimate of drug-likeness (QED) is 0.734. The average molecular weight is 221 g/mol. The van der Waals surface area contributed by atoms with Gasteiger partial charge in [-0.25, -0.2) is 4.39 Å². The van der Waals surface area contributed by atoms with E-state index >= 15 is 0 Å². The monoisotopic (exact) mass is 221 g/mol. The number of rotatable bonds is 3. The van der Waals surface area contributed by atoms with Gasteiger partial charge in [0.1, 0.15) is 5.82 Å². The summed E-state index contributed by atoms with van der Waals surface area (Å²) in [4.78, 5) is 11.2. The minimum absolute atomic E-state index is 0.112. The van der Waals surface area contributed by atoms with Crippen LogP contribution in [-0.2, 0) is 16.0 Å². The molecule has 4 heteroatoms. The van der Waals surface area contributed by atoms with Crippen molar-refractivity contribution in [2.45, 2.75) is 20.3 Å². The molecule has 0 radical (unpaired) electrons. The summed E-state index contributed by atoms with van der Waals surface area (Å²) in [7, 11) is 0. The van der Waals surface area contributed by atoms with E-state index in [4.69, 9.17) is 10.00 Å². The van der Waals surface area contributed by atoms with E-state index in [-0.39, 0.29) is 24.2 Å². The number of nitriles is 1. The Bertz CT molecular complexity index is 449. The molecule has 0 heterocycles. The Morgan fingerprint density at radius 1 is 1.56 bits per heavy atom. The van der Waals surface area contributed by atoms with E-state index in [2.05, 4.69) is 0 Å². The van der Waals surface area contributed by atoms with Crippen LogP contribution >= 0.6 is 0 Å². The van der Waals surface area contributed by atoms with Crippen molar-refractivity contribution in [3.63, 3.8) is 0 Å². The summed E-state index contributed by atoms with van der Waals surface area (Å²) in [5.41, 5.74) is 0.704. The maximum Gasteiger partial charge on any atom is 0.310 e. The fourth-order valence-electron chi connectivity index (χ4n) is 1.37. The lowest BCUT2D eigenvalue weighted by Crippen LogP contribution is -2.11. The number of hydrogen-bond acceptors (Lipinski definition) is 3. The van der Waals surface area contributed by atoms with E-state index in [0.29, 0.717) is 5.56 Å². The third kappa shape index (κ3) is 2.57. The van der Waals surface area contributed by atoms with Gasteiger partial charge in [0.15, 0.2) is 0 Å². The minimum atomic E-state index is -0.525. The predicted octanol–water partition coefficient (Wildman–Crippen LogP) is 2.11. The third-order valence-electron chi connectivity index (χ3n) is 2.18. The molecule has 0 spiro atoms. The number of esters is 1. The van der Waals surface area contributed by atoms with Crippen LogP contribution in [-0.4, -0.2) is 12.6 Å². The first kappa shape index (κ1) is 12.2. The van der Waals surface area contributed by atoms with Crippen molar-refractivity contribution in [3.05, 3.63) is 34.6 Å². The summed E-state index contributed by atoms with van der Waals surface area (Å²) in [5, 5.41) is 8.81. The molecule has 0 fully saturated rings. The van der Waals surface area contributed by atoms with Crippen molar-refractivity contribution in [1.29, 1.82) is 5.26 Å². The highest BCUT2D eigenvalue weighted by Gasteiger charge is 2.15. The maximum atomic E-state index is 13.7. The van der Waals surface area contributed by atoms with Gasteiger partial charge in [0.2, 0.25) is 0 Å². The van der Waals surface area contributed by atoms with Gasteiger partial charge in [0.25, 0.3) is 0 Å². The Morgan fingerprint density at radius 3 is 2.81 bits per heavy atom. The molecule has 0 atom stereocenters. The van der Waals surface area contributed by atoms with Gasteiger partial charge in [0, 0.05) is 5.56 Å². The summed E-state index contributed by atoms with van der Waals surface area (Å²) >= 11 is 0. The van der Waals surface area contributed by atoms with Crippen LogP contribution in [0.1, 0.15) is 23.6 Å². The van der Waals surface area contributed by atoms with Crippen LogP contribution in [0, 0.1) is 24.1 Å². The highest BCUT2D eigenvalue weighted by molar-refractivity contribution is 5.73. The number of halogens is 1. The summed E-state index contributed by atoms with van der Waals surface area (Å²) in [6.07, 6.45) is -0.204. The molecule has 0 bridgehead atoms. The lowest BCUT2D eigenvalue weighted by atomic mass is 10.0. The highest BCUT2D eigenvalue weighted by atomic mass is 19.1. The van der Waals surface area contributed by atoms with E-state index < -0.39 is 11.8 Å². The van der Waals surface area contributed by atoms with E-state index in [1.165, 1.54) is 12.1 Å². The largest absolute Gasteiger partial charge is 0.466 e. The van der Waals surface area contributed by atoms with Crippen LogP contribution in [0.4, 0.5) is 4.39 Å². The summed E-state index contributed by atoms with van der Waals surface area (Å²) in [5.74, 6) is -1.03. The van der Waals surface area contributed by atoms with Gasteiger partial charge >= 0.3 is 5.97 Å². The molecule has 0 aliphatic rings. The Labute approximate surface area is 93.5 Å². The number of benzene rings is 1. The molecule has 0 saturated carbocycles. The molecule has 3 nitrogen and oxygen atoms in total. The summed E-state index contributed by atoms with van der Waals surface area (Å²) in [6.45, 7) is 3.51. The van der Waals surface area contributed by atoms with Crippen molar-refractivity contribution >= 4 is 5.97 Å². The smallest absolute Gasteiger partial charge is 0.310 e. The van der Waals surface area contributed by atoms with Crippen LogP contribution in [0.3, 0.4) is 0 Å². The maximum absolute atomic E-state index is 13.7. The second-order valence-electron chi connectivity index (χ2n) is 3.32. The Kier molecular flexibility index (Phi) is 4.01. The third-order valence-corrected chi connectivity index (χ3v) is 2.18. The van der Waals surface area contributed by atoms with E-state index in [1.54, 1.807) is 13.8 Å². The minimum Gasteiger partial charge on any atom is -0.466 e. The van der Waals surface area contributed by atoms with Gasteiger partial charge < -0.3 is 4.74 Å². The molecule has 0 unspecified atom stereocenters. The number of hydrogen-bond donors (Lipinski definition) is 0. The van der Waals surface area contributed by atoms with Gasteiger partial charge in [-0.2, -0.15) is 5.26 Å². The molecular weight excluding hydrogens is 209 g/mol. The topological polar surface area (TPSA) is 50.1 Å². The van der Waals surface area contributed by atoms with Crippen molar-refractivity contribution in [2.75, 3.05) is 6.61 Å². The number of carbonyl (C=O) groups excluding carboxylic acids is 1. The van der Waals surface area contributed by atoms with Crippen molar-refractivity contribution in [2.24, 2.45) is 0 Å².